The molecule has 0 aliphatic rings. The van der Waals surface area contributed by atoms with Crippen molar-refractivity contribution in [1.29, 1.82) is 0 Å². The van der Waals surface area contributed by atoms with Crippen LogP contribution < -0.4 is 5.32 Å². The summed E-state index contributed by atoms with van der Waals surface area (Å²) < 4.78 is 5.03. The summed E-state index contributed by atoms with van der Waals surface area (Å²) in [5.41, 5.74) is 2.11. The van der Waals surface area contributed by atoms with E-state index in [0.29, 0.717) is 19.6 Å². The number of amides is 1. The van der Waals surface area contributed by atoms with E-state index >= 15 is 0 Å². The van der Waals surface area contributed by atoms with Gasteiger partial charge in [0.1, 0.15) is 0 Å². The van der Waals surface area contributed by atoms with E-state index in [0.717, 1.165) is 11.1 Å². The summed E-state index contributed by atoms with van der Waals surface area (Å²) in [7, 11) is 1.68. The van der Waals surface area contributed by atoms with E-state index in [-0.39, 0.29) is 5.91 Å². The van der Waals surface area contributed by atoms with Crippen molar-refractivity contribution in [2.75, 3.05) is 13.7 Å². The molecule has 1 N–H and O–H groups in total. The number of rotatable bonds is 4. The zero-order chi connectivity index (χ0) is 12.5. The minimum absolute atomic E-state index is 0.0179. The third-order valence-electron chi connectivity index (χ3n) is 2.12. The predicted octanol–water partition coefficient (Wildman–Crippen LogP) is 1.71. The Balaban J connectivity index is 2.40. The average molecular weight is 231 g/mol. The highest BCUT2D eigenvalue weighted by Crippen LogP contribution is 2.04. The molecule has 0 spiro atoms. The van der Waals surface area contributed by atoms with Crippen LogP contribution in [-0.2, 0) is 16.1 Å². The Morgan fingerprint density at radius 2 is 2.06 bits per heavy atom. The maximum Gasteiger partial charge on any atom is 0.216 e. The molecule has 0 bridgehead atoms. The molecule has 0 aromatic heterocycles. The van der Waals surface area contributed by atoms with Crippen molar-refractivity contribution in [3.05, 3.63) is 35.4 Å². The normalized spacial score (nSPS) is 9.29. The predicted molar refractivity (Wildman–Crippen MR) is 67.3 cm³/mol. The lowest BCUT2D eigenvalue weighted by atomic mass is 10.1. The molecule has 1 aromatic rings. The number of carbonyl (C=O) groups is 1. The maximum atomic E-state index is 10.6. The molecule has 0 aliphatic carbocycles. The molecule has 90 valence electrons. The number of methoxy groups -OCH3 is 1. The molecule has 1 rings (SSSR count). The van der Waals surface area contributed by atoms with E-state index in [9.17, 15) is 4.79 Å². The Hall–Kier alpha value is -1.79. The molecule has 0 atom stereocenters. The number of carbonyl (C=O) groups excluding carboxylic acids is 1. The summed E-state index contributed by atoms with van der Waals surface area (Å²) in [6.07, 6.45) is 0.666. The highest BCUT2D eigenvalue weighted by molar-refractivity contribution is 5.72. The summed E-state index contributed by atoms with van der Waals surface area (Å²) in [5.74, 6) is 6.04. The van der Waals surface area contributed by atoms with E-state index in [2.05, 4.69) is 17.2 Å². The lowest BCUT2D eigenvalue weighted by molar-refractivity contribution is -0.118. The molecule has 0 unspecified atom stereocenters. The first kappa shape index (κ1) is 13.3. The second kappa shape index (κ2) is 7.48. The molecule has 1 aromatic carbocycles. The number of hydrogen-bond acceptors (Lipinski definition) is 2. The van der Waals surface area contributed by atoms with Crippen molar-refractivity contribution < 1.29 is 9.53 Å². The third-order valence-corrected chi connectivity index (χ3v) is 2.12. The van der Waals surface area contributed by atoms with Gasteiger partial charge >= 0.3 is 0 Å². The smallest absolute Gasteiger partial charge is 0.216 e. The van der Waals surface area contributed by atoms with Gasteiger partial charge < -0.3 is 10.1 Å². The zero-order valence-electron chi connectivity index (χ0n) is 10.2. The first-order chi connectivity index (χ1) is 8.22. The van der Waals surface area contributed by atoms with E-state index in [1.807, 2.05) is 24.3 Å². The first-order valence-corrected chi connectivity index (χ1v) is 5.53. The van der Waals surface area contributed by atoms with Crippen LogP contribution in [0.2, 0.25) is 0 Å². The molecule has 17 heavy (non-hydrogen) atoms. The first-order valence-electron chi connectivity index (χ1n) is 5.53. The third kappa shape index (κ3) is 5.74. The van der Waals surface area contributed by atoms with Gasteiger partial charge in [0.05, 0.1) is 6.61 Å². The Morgan fingerprint density at radius 1 is 1.35 bits per heavy atom. The van der Waals surface area contributed by atoms with Gasteiger partial charge in [0.2, 0.25) is 5.91 Å². The van der Waals surface area contributed by atoms with E-state index in [1.54, 1.807) is 7.11 Å². The van der Waals surface area contributed by atoms with Crippen molar-refractivity contribution in [1.82, 2.24) is 5.32 Å². The van der Waals surface area contributed by atoms with Crippen molar-refractivity contribution >= 4 is 5.91 Å². The molecule has 0 saturated heterocycles. The van der Waals surface area contributed by atoms with Gasteiger partial charge in [-0.2, -0.15) is 0 Å². The van der Waals surface area contributed by atoms with Crippen LogP contribution in [-0.4, -0.2) is 19.6 Å². The Kier molecular flexibility index (Phi) is 5.84. The number of ether oxygens (including phenoxy) is 1. The van der Waals surface area contributed by atoms with Crippen molar-refractivity contribution in [2.24, 2.45) is 0 Å². The van der Waals surface area contributed by atoms with Crippen molar-refractivity contribution in [3.8, 4) is 11.8 Å². The highest BCUT2D eigenvalue weighted by atomic mass is 16.5. The van der Waals surface area contributed by atoms with Crippen LogP contribution >= 0.6 is 0 Å². The molecular formula is C14H17NO2. The Labute approximate surface area is 102 Å². The molecule has 0 radical (unpaired) electrons. The van der Waals surface area contributed by atoms with E-state index in [1.165, 1.54) is 6.92 Å². The lowest BCUT2D eigenvalue weighted by Gasteiger charge is -1.98. The summed E-state index contributed by atoms with van der Waals surface area (Å²) in [6.45, 7) is 2.72. The van der Waals surface area contributed by atoms with Crippen LogP contribution in [0.3, 0.4) is 0 Å². The molecule has 0 aliphatic heterocycles. The van der Waals surface area contributed by atoms with Gasteiger partial charge in [-0.1, -0.05) is 24.0 Å². The lowest BCUT2D eigenvalue weighted by Crippen LogP contribution is -2.20. The maximum absolute atomic E-state index is 10.6. The molecule has 3 heteroatoms. The Bertz CT molecular complexity index is 412. The SMILES string of the molecule is COCc1ccc(C#CCCNC(C)=O)cc1. The number of benzene rings is 1. The van der Waals surface area contributed by atoms with Crippen molar-refractivity contribution in [2.45, 2.75) is 20.0 Å². The highest BCUT2D eigenvalue weighted by Gasteiger charge is 1.91. The molecule has 0 saturated carbocycles. The Morgan fingerprint density at radius 3 is 2.65 bits per heavy atom. The fourth-order valence-corrected chi connectivity index (χ4v) is 1.32. The average Bonchev–Trinajstić information content (AvgIpc) is 2.31. The van der Waals surface area contributed by atoms with Gasteiger partial charge in [0, 0.05) is 32.6 Å². The van der Waals surface area contributed by atoms with Crippen LogP contribution in [0.25, 0.3) is 0 Å². The summed E-state index contributed by atoms with van der Waals surface area (Å²) in [5, 5.41) is 2.70. The summed E-state index contributed by atoms with van der Waals surface area (Å²) in [4.78, 5) is 10.6. The summed E-state index contributed by atoms with van der Waals surface area (Å²) >= 11 is 0. The minimum Gasteiger partial charge on any atom is -0.380 e. The van der Waals surface area contributed by atoms with Gasteiger partial charge in [-0.15, -0.1) is 0 Å². The van der Waals surface area contributed by atoms with E-state index in [4.69, 9.17) is 4.74 Å². The van der Waals surface area contributed by atoms with Gasteiger partial charge in [-0.05, 0) is 17.7 Å². The van der Waals surface area contributed by atoms with Crippen LogP contribution in [0.15, 0.2) is 24.3 Å². The number of hydrogen-bond donors (Lipinski definition) is 1. The molecule has 3 nitrogen and oxygen atoms in total. The monoisotopic (exact) mass is 231 g/mol. The minimum atomic E-state index is -0.0179. The second-order valence-electron chi connectivity index (χ2n) is 3.66. The number of nitrogens with one attached hydrogen (secondary N) is 1. The zero-order valence-corrected chi connectivity index (χ0v) is 10.2. The largest absolute Gasteiger partial charge is 0.380 e. The van der Waals surface area contributed by atoms with Gasteiger partial charge in [-0.25, -0.2) is 0 Å². The molecule has 1 amide bonds. The van der Waals surface area contributed by atoms with Gasteiger partial charge in [-0.3, -0.25) is 4.79 Å². The van der Waals surface area contributed by atoms with Gasteiger partial charge in [0.25, 0.3) is 0 Å². The molecular weight excluding hydrogens is 214 g/mol. The fraction of sp³-hybridized carbons (Fsp3) is 0.357. The molecule has 0 heterocycles. The van der Waals surface area contributed by atoms with E-state index < -0.39 is 0 Å². The van der Waals surface area contributed by atoms with Crippen LogP contribution in [0.5, 0.6) is 0 Å². The standard InChI is InChI=1S/C14H17NO2/c1-12(16)15-10-4-3-5-13-6-8-14(9-7-13)11-17-2/h6-9H,4,10-11H2,1-2H3,(H,15,16). The second-order valence-corrected chi connectivity index (χ2v) is 3.66. The van der Waals surface area contributed by atoms with Gasteiger partial charge in [0.15, 0.2) is 0 Å². The fourth-order valence-electron chi connectivity index (χ4n) is 1.32. The summed E-state index contributed by atoms with van der Waals surface area (Å²) in [6, 6.07) is 7.95. The van der Waals surface area contributed by atoms with Crippen LogP contribution in [0, 0.1) is 11.8 Å². The van der Waals surface area contributed by atoms with Crippen LogP contribution in [0.4, 0.5) is 0 Å². The topological polar surface area (TPSA) is 38.3 Å². The van der Waals surface area contributed by atoms with Crippen molar-refractivity contribution in [3.63, 3.8) is 0 Å². The van der Waals surface area contributed by atoms with Crippen LogP contribution in [0.1, 0.15) is 24.5 Å². The molecule has 0 fully saturated rings. The quantitative estimate of drug-likeness (QED) is 0.633.